The summed E-state index contributed by atoms with van der Waals surface area (Å²) in [5, 5.41) is 10.2. The van der Waals surface area contributed by atoms with Crippen LogP contribution in [-0.2, 0) is 4.79 Å². The van der Waals surface area contributed by atoms with Crippen molar-refractivity contribution in [3.8, 4) is 10.6 Å². The Hall–Kier alpha value is -2.74. The van der Waals surface area contributed by atoms with Crippen molar-refractivity contribution >= 4 is 34.2 Å². The Bertz CT molecular complexity index is 1070. The molecule has 2 amide bonds. The van der Waals surface area contributed by atoms with Crippen molar-refractivity contribution in [1.29, 1.82) is 0 Å². The van der Waals surface area contributed by atoms with Crippen LogP contribution in [0.3, 0.4) is 0 Å². The molecule has 164 valence electrons. The van der Waals surface area contributed by atoms with Crippen LogP contribution in [0.5, 0.6) is 0 Å². The molecular formula is C23H29N5O2S. The number of rotatable bonds is 6. The van der Waals surface area contributed by atoms with E-state index in [1.807, 2.05) is 40.1 Å². The summed E-state index contributed by atoms with van der Waals surface area (Å²) in [7, 11) is 0. The fraction of sp³-hybridized carbons (Fsp3) is 0.478. The van der Waals surface area contributed by atoms with Crippen LogP contribution < -0.4 is 5.32 Å². The third kappa shape index (κ3) is 4.35. The molecule has 3 aromatic heterocycles. The molecule has 0 aliphatic carbocycles. The second-order valence-corrected chi connectivity index (χ2v) is 9.28. The molecule has 3 aromatic rings. The largest absolute Gasteiger partial charge is 0.356 e. The van der Waals surface area contributed by atoms with E-state index in [2.05, 4.69) is 24.3 Å². The fourth-order valence-electron chi connectivity index (χ4n) is 4.06. The number of hydrogen-bond donors (Lipinski definition) is 1. The smallest absolute Gasteiger partial charge is 0.254 e. The number of fused-ring (bicyclic) bond motifs is 1. The van der Waals surface area contributed by atoms with E-state index in [-0.39, 0.29) is 23.8 Å². The molecule has 1 aliphatic heterocycles. The maximum absolute atomic E-state index is 13.6. The SMILES string of the molecule is CCCNC(=O)C1CCCN(C(=O)c2cc(-c3cccs3)nc3c2cnn3C(C)C)C1. The normalized spacial score (nSPS) is 16.8. The number of pyridine rings is 1. The van der Waals surface area contributed by atoms with Crippen LogP contribution in [0.25, 0.3) is 21.6 Å². The lowest BCUT2D eigenvalue weighted by Gasteiger charge is -2.32. The first-order valence-corrected chi connectivity index (χ1v) is 11.9. The van der Waals surface area contributed by atoms with Crippen LogP contribution in [0.2, 0.25) is 0 Å². The van der Waals surface area contributed by atoms with Crippen LogP contribution in [0.15, 0.2) is 29.8 Å². The molecule has 0 radical (unpaired) electrons. The van der Waals surface area contributed by atoms with E-state index >= 15 is 0 Å². The third-order valence-corrected chi connectivity index (χ3v) is 6.58. The summed E-state index contributed by atoms with van der Waals surface area (Å²) < 4.78 is 1.86. The highest BCUT2D eigenvalue weighted by molar-refractivity contribution is 7.13. The Morgan fingerprint density at radius 2 is 2.19 bits per heavy atom. The van der Waals surface area contributed by atoms with E-state index in [0.717, 1.165) is 40.9 Å². The number of amides is 2. The molecular weight excluding hydrogens is 410 g/mol. The molecule has 4 heterocycles. The van der Waals surface area contributed by atoms with Gasteiger partial charge >= 0.3 is 0 Å². The highest BCUT2D eigenvalue weighted by Gasteiger charge is 2.30. The van der Waals surface area contributed by atoms with Crippen molar-refractivity contribution in [3.05, 3.63) is 35.3 Å². The predicted octanol–water partition coefficient (Wildman–Crippen LogP) is 4.12. The van der Waals surface area contributed by atoms with Crippen molar-refractivity contribution in [2.75, 3.05) is 19.6 Å². The van der Waals surface area contributed by atoms with Crippen LogP contribution in [0, 0.1) is 5.92 Å². The number of hydrogen-bond acceptors (Lipinski definition) is 5. The Morgan fingerprint density at radius 1 is 1.35 bits per heavy atom. The summed E-state index contributed by atoms with van der Waals surface area (Å²) in [5.74, 6) is -0.163. The van der Waals surface area contributed by atoms with Crippen molar-refractivity contribution in [3.63, 3.8) is 0 Å². The first-order chi connectivity index (χ1) is 15.0. The molecule has 1 N–H and O–H groups in total. The molecule has 4 rings (SSSR count). The van der Waals surface area contributed by atoms with E-state index < -0.39 is 0 Å². The van der Waals surface area contributed by atoms with Gasteiger partial charge in [-0.05, 0) is 50.6 Å². The first kappa shape index (κ1) is 21.5. The van der Waals surface area contributed by atoms with Crippen molar-refractivity contribution < 1.29 is 9.59 Å². The summed E-state index contributed by atoms with van der Waals surface area (Å²) in [5.41, 5.74) is 2.11. The number of carbonyl (C=O) groups excluding carboxylic acids is 2. The second kappa shape index (κ2) is 9.18. The van der Waals surface area contributed by atoms with Crippen LogP contribution in [0.1, 0.15) is 56.4 Å². The predicted molar refractivity (Wildman–Crippen MR) is 123 cm³/mol. The molecule has 0 spiro atoms. The maximum Gasteiger partial charge on any atom is 0.254 e. The average molecular weight is 440 g/mol. The van der Waals surface area contributed by atoms with E-state index in [1.165, 1.54) is 0 Å². The van der Waals surface area contributed by atoms with Crippen LogP contribution >= 0.6 is 11.3 Å². The van der Waals surface area contributed by atoms with Gasteiger partial charge < -0.3 is 10.2 Å². The molecule has 0 aromatic carbocycles. The van der Waals surface area contributed by atoms with Gasteiger partial charge in [-0.3, -0.25) is 9.59 Å². The van der Waals surface area contributed by atoms with Gasteiger partial charge in [-0.25, -0.2) is 9.67 Å². The summed E-state index contributed by atoms with van der Waals surface area (Å²) in [6.45, 7) is 7.92. The van der Waals surface area contributed by atoms with Gasteiger partial charge in [0.15, 0.2) is 5.65 Å². The summed E-state index contributed by atoms with van der Waals surface area (Å²) in [6.07, 6.45) is 4.29. The lowest BCUT2D eigenvalue weighted by atomic mass is 9.96. The standard InChI is InChI=1S/C23H29N5O2S/c1-4-9-24-22(29)16-7-5-10-27(14-16)23(30)17-12-19(20-8-6-11-31-20)26-21-18(17)13-25-28(21)15(2)3/h6,8,11-13,15-16H,4-5,7,9-10,14H2,1-3H3,(H,24,29). The zero-order chi connectivity index (χ0) is 22.0. The number of likely N-dealkylation sites (tertiary alicyclic amines) is 1. The monoisotopic (exact) mass is 439 g/mol. The number of nitrogens with zero attached hydrogens (tertiary/aromatic N) is 4. The minimum Gasteiger partial charge on any atom is -0.356 e. The van der Waals surface area contributed by atoms with Gasteiger partial charge in [0.2, 0.25) is 5.91 Å². The number of thiophene rings is 1. The van der Waals surface area contributed by atoms with Crippen LogP contribution in [-0.4, -0.2) is 51.1 Å². The molecule has 1 atom stereocenters. The third-order valence-electron chi connectivity index (χ3n) is 5.69. The molecule has 8 heteroatoms. The van der Waals surface area contributed by atoms with Gasteiger partial charge in [-0.2, -0.15) is 5.10 Å². The van der Waals surface area contributed by atoms with Crippen LogP contribution in [0.4, 0.5) is 0 Å². The number of piperidine rings is 1. The van der Waals surface area contributed by atoms with Gasteiger partial charge in [0.05, 0.1) is 33.6 Å². The summed E-state index contributed by atoms with van der Waals surface area (Å²) >= 11 is 1.60. The first-order valence-electron chi connectivity index (χ1n) is 11.0. The Kier molecular flexibility index (Phi) is 6.36. The van der Waals surface area contributed by atoms with Gasteiger partial charge in [0, 0.05) is 25.7 Å². The minimum absolute atomic E-state index is 0.0473. The van der Waals surface area contributed by atoms with Gasteiger partial charge in [-0.15, -0.1) is 11.3 Å². The maximum atomic E-state index is 13.6. The Labute approximate surface area is 186 Å². The molecule has 1 fully saturated rings. The summed E-state index contributed by atoms with van der Waals surface area (Å²) in [4.78, 5) is 33.8. The lowest BCUT2D eigenvalue weighted by molar-refractivity contribution is -0.126. The molecule has 0 bridgehead atoms. The van der Waals surface area contributed by atoms with Gasteiger partial charge in [-0.1, -0.05) is 13.0 Å². The van der Waals surface area contributed by atoms with Crippen molar-refractivity contribution in [1.82, 2.24) is 25.0 Å². The van der Waals surface area contributed by atoms with E-state index in [1.54, 1.807) is 17.5 Å². The molecule has 7 nitrogen and oxygen atoms in total. The molecule has 1 unspecified atom stereocenters. The second-order valence-electron chi connectivity index (χ2n) is 8.33. The zero-order valence-electron chi connectivity index (χ0n) is 18.3. The van der Waals surface area contributed by atoms with Gasteiger partial charge in [0.1, 0.15) is 0 Å². The quantitative estimate of drug-likeness (QED) is 0.627. The molecule has 1 aliphatic rings. The van der Waals surface area contributed by atoms with E-state index in [9.17, 15) is 9.59 Å². The number of aromatic nitrogens is 3. The number of nitrogens with one attached hydrogen (secondary N) is 1. The highest BCUT2D eigenvalue weighted by atomic mass is 32.1. The zero-order valence-corrected chi connectivity index (χ0v) is 19.1. The Balaban J connectivity index is 1.69. The average Bonchev–Trinajstić information content (AvgIpc) is 3.46. The topological polar surface area (TPSA) is 80.1 Å². The van der Waals surface area contributed by atoms with E-state index in [4.69, 9.17) is 4.98 Å². The summed E-state index contributed by atoms with van der Waals surface area (Å²) in [6, 6.07) is 6.01. The molecule has 1 saturated heterocycles. The Morgan fingerprint density at radius 3 is 2.90 bits per heavy atom. The van der Waals surface area contributed by atoms with Crippen molar-refractivity contribution in [2.45, 2.75) is 46.1 Å². The minimum atomic E-state index is -0.156. The van der Waals surface area contributed by atoms with Crippen molar-refractivity contribution in [2.24, 2.45) is 5.92 Å². The highest BCUT2D eigenvalue weighted by Crippen LogP contribution is 2.30. The molecule has 31 heavy (non-hydrogen) atoms. The molecule has 0 saturated carbocycles. The number of carbonyl (C=O) groups is 2. The fourth-order valence-corrected chi connectivity index (χ4v) is 4.75. The van der Waals surface area contributed by atoms with Gasteiger partial charge in [0.25, 0.3) is 5.91 Å². The lowest BCUT2D eigenvalue weighted by Crippen LogP contribution is -2.45. The van der Waals surface area contributed by atoms with E-state index in [0.29, 0.717) is 25.2 Å².